The maximum atomic E-state index is 12.2. The highest BCUT2D eigenvalue weighted by Gasteiger charge is 2.12. The van der Waals surface area contributed by atoms with E-state index in [4.69, 9.17) is 9.47 Å². The van der Waals surface area contributed by atoms with Crippen molar-refractivity contribution in [2.75, 3.05) is 20.0 Å². The molecule has 0 atom stereocenters. The lowest BCUT2D eigenvalue weighted by Crippen LogP contribution is -2.20. The van der Waals surface area contributed by atoms with Gasteiger partial charge in [0.25, 0.3) is 5.91 Å². The molecule has 1 amide bonds. The number of nitrogens with one attached hydrogen (secondary N) is 1. The molecule has 0 aliphatic rings. The Bertz CT molecular complexity index is 1000. The SMILES string of the molecule is CCn1c(SCC(=O)NN=Cc2cccc(OC)c2OC)nc2ccccc21. The Hall–Kier alpha value is -3.00. The van der Waals surface area contributed by atoms with Crippen molar-refractivity contribution in [2.24, 2.45) is 5.10 Å². The second-order valence-electron chi connectivity index (χ2n) is 5.79. The first-order chi connectivity index (χ1) is 13.7. The molecule has 0 unspecified atom stereocenters. The first-order valence-corrected chi connectivity index (χ1v) is 9.77. The van der Waals surface area contributed by atoms with E-state index >= 15 is 0 Å². The molecule has 0 bridgehead atoms. The van der Waals surface area contributed by atoms with Gasteiger partial charge in [-0.2, -0.15) is 5.10 Å². The van der Waals surface area contributed by atoms with Gasteiger partial charge in [-0.1, -0.05) is 30.0 Å². The van der Waals surface area contributed by atoms with E-state index < -0.39 is 0 Å². The summed E-state index contributed by atoms with van der Waals surface area (Å²) in [5.74, 6) is 1.18. The number of aromatic nitrogens is 2. The second-order valence-corrected chi connectivity index (χ2v) is 6.73. The van der Waals surface area contributed by atoms with Gasteiger partial charge in [-0.25, -0.2) is 10.4 Å². The molecule has 0 fully saturated rings. The van der Waals surface area contributed by atoms with Gasteiger partial charge in [-0.05, 0) is 31.2 Å². The number of aryl methyl sites for hydroxylation is 1. The van der Waals surface area contributed by atoms with Crippen LogP contribution >= 0.6 is 11.8 Å². The molecule has 0 radical (unpaired) electrons. The topological polar surface area (TPSA) is 77.7 Å². The van der Waals surface area contributed by atoms with E-state index in [9.17, 15) is 4.79 Å². The fraction of sp³-hybridized carbons (Fsp3) is 0.250. The molecule has 0 saturated carbocycles. The first-order valence-electron chi connectivity index (χ1n) is 8.78. The van der Waals surface area contributed by atoms with E-state index in [1.165, 1.54) is 18.0 Å². The smallest absolute Gasteiger partial charge is 0.250 e. The van der Waals surface area contributed by atoms with Gasteiger partial charge in [0.1, 0.15) is 0 Å². The van der Waals surface area contributed by atoms with Gasteiger partial charge < -0.3 is 14.0 Å². The van der Waals surface area contributed by atoms with Crippen LogP contribution in [0.25, 0.3) is 11.0 Å². The van der Waals surface area contributed by atoms with Crippen LogP contribution in [0.4, 0.5) is 0 Å². The fourth-order valence-corrected chi connectivity index (χ4v) is 3.69. The lowest BCUT2D eigenvalue weighted by Gasteiger charge is -2.09. The van der Waals surface area contributed by atoms with Crippen molar-refractivity contribution in [3.05, 3.63) is 48.0 Å². The lowest BCUT2D eigenvalue weighted by atomic mass is 10.2. The highest BCUT2D eigenvalue weighted by molar-refractivity contribution is 7.99. The van der Waals surface area contributed by atoms with Gasteiger partial charge in [-0.3, -0.25) is 4.79 Å². The number of amides is 1. The van der Waals surface area contributed by atoms with Crippen molar-refractivity contribution < 1.29 is 14.3 Å². The average Bonchev–Trinajstić information content (AvgIpc) is 3.09. The van der Waals surface area contributed by atoms with Crippen LogP contribution in [0.3, 0.4) is 0 Å². The third-order valence-corrected chi connectivity index (χ3v) is 5.07. The Kier molecular flexibility index (Phi) is 6.54. The number of hydrazone groups is 1. The first kappa shape index (κ1) is 19.8. The maximum Gasteiger partial charge on any atom is 0.250 e. The zero-order chi connectivity index (χ0) is 19.9. The second kappa shape index (κ2) is 9.27. The number of nitrogens with zero attached hydrogens (tertiary/aromatic N) is 3. The van der Waals surface area contributed by atoms with Crippen LogP contribution in [-0.2, 0) is 11.3 Å². The summed E-state index contributed by atoms with van der Waals surface area (Å²) >= 11 is 1.39. The zero-order valence-electron chi connectivity index (χ0n) is 16.0. The van der Waals surface area contributed by atoms with Gasteiger partial charge in [-0.15, -0.1) is 0 Å². The van der Waals surface area contributed by atoms with Crippen LogP contribution in [0, 0.1) is 0 Å². The summed E-state index contributed by atoms with van der Waals surface area (Å²) in [6, 6.07) is 13.4. The van der Waals surface area contributed by atoms with E-state index in [1.807, 2.05) is 36.4 Å². The fourth-order valence-electron chi connectivity index (χ4n) is 2.82. The number of hydrogen-bond donors (Lipinski definition) is 1. The molecule has 1 N–H and O–H groups in total. The predicted molar refractivity (Wildman–Crippen MR) is 111 cm³/mol. The number of para-hydroxylation sites is 3. The third-order valence-electron chi connectivity index (χ3n) is 4.09. The molecule has 0 saturated heterocycles. The third kappa shape index (κ3) is 4.28. The maximum absolute atomic E-state index is 12.2. The normalized spacial score (nSPS) is 11.1. The van der Waals surface area contributed by atoms with Crippen LogP contribution in [-0.4, -0.2) is 41.6 Å². The number of fused-ring (bicyclic) bond motifs is 1. The summed E-state index contributed by atoms with van der Waals surface area (Å²) in [5, 5.41) is 4.84. The Balaban J connectivity index is 1.62. The molecule has 0 spiro atoms. The average molecular weight is 398 g/mol. The Morgan fingerprint density at radius 2 is 2.04 bits per heavy atom. The van der Waals surface area contributed by atoms with Crippen molar-refractivity contribution in [2.45, 2.75) is 18.6 Å². The van der Waals surface area contributed by atoms with Crippen LogP contribution < -0.4 is 14.9 Å². The molecule has 0 aliphatic carbocycles. The number of ether oxygens (including phenoxy) is 2. The van der Waals surface area contributed by atoms with Crippen LogP contribution in [0.2, 0.25) is 0 Å². The minimum absolute atomic E-state index is 0.210. The number of thioether (sulfide) groups is 1. The van der Waals surface area contributed by atoms with Crippen LogP contribution in [0.5, 0.6) is 11.5 Å². The molecule has 1 aromatic heterocycles. The monoisotopic (exact) mass is 398 g/mol. The minimum atomic E-state index is -0.210. The molecule has 3 rings (SSSR count). The molecule has 28 heavy (non-hydrogen) atoms. The summed E-state index contributed by atoms with van der Waals surface area (Å²) < 4.78 is 12.7. The van der Waals surface area contributed by atoms with Crippen molar-refractivity contribution in [3.63, 3.8) is 0 Å². The largest absolute Gasteiger partial charge is 0.493 e. The molecule has 1 heterocycles. The molecule has 7 nitrogen and oxygen atoms in total. The van der Waals surface area contributed by atoms with E-state index in [-0.39, 0.29) is 11.7 Å². The summed E-state index contributed by atoms with van der Waals surface area (Å²) in [4.78, 5) is 16.8. The highest BCUT2D eigenvalue weighted by Crippen LogP contribution is 2.29. The van der Waals surface area contributed by atoms with Crippen molar-refractivity contribution in [1.82, 2.24) is 15.0 Å². The zero-order valence-corrected chi connectivity index (χ0v) is 16.8. The van der Waals surface area contributed by atoms with Gasteiger partial charge in [0.15, 0.2) is 16.7 Å². The van der Waals surface area contributed by atoms with Crippen molar-refractivity contribution in [3.8, 4) is 11.5 Å². The van der Waals surface area contributed by atoms with E-state index in [0.717, 1.165) is 22.7 Å². The summed E-state index contributed by atoms with van der Waals surface area (Å²) in [7, 11) is 3.13. The van der Waals surface area contributed by atoms with Crippen molar-refractivity contribution >= 4 is 34.9 Å². The molecular weight excluding hydrogens is 376 g/mol. The molecule has 2 aromatic carbocycles. The van der Waals surface area contributed by atoms with Gasteiger partial charge in [0.05, 0.1) is 37.2 Å². The molecule has 3 aromatic rings. The number of imidazole rings is 1. The molecule has 146 valence electrons. The van der Waals surface area contributed by atoms with E-state index in [1.54, 1.807) is 20.3 Å². The quantitative estimate of drug-likeness (QED) is 0.358. The number of benzene rings is 2. The van der Waals surface area contributed by atoms with Crippen molar-refractivity contribution in [1.29, 1.82) is 0 Å². The van der Waals surface area contributed by atoms with E-state index in [2.05, 4.69) is 27.0 Å². The minimum Gasteiger partial charge on any atom is -0.493 e. The number of carbonyl (C=O) groups excluding carboxylic acids is 1. The Labute approximate surface area is 167 Å². The number of rotatable bonds is 8. The number of hydrogen-bond acceptors (Lipinski definition) is 6. The highest BCUT2D eigenvalue weighted by atomic mass is 32.2. The summed E-state index contributed by atoms with van der Waals surface area (Å²) in [5.41, 5.74) is 5.24. The van der Waals surface area contributed by atoms with Crippen LogP contribution in [0.1, 0.15) is 12.5 Å². The van der Waals surface area contributed by atoms with Gasteiger partial charge >= 0.3 is 0 Å². The van der Waals surface area contributed by atoms with E-state index in [0.29, 0.717) is 17.1 Å². The number of methoxy groups -OCH3 is 2. The predicted octanol–water partition coefficient (Wildman–Crippen LogP) is 3.32. The standard InChI is InChI=1S/C20H22N4O3S/c1-4-24-16-10-6-5-9-15(16)22-20(24)28-13-18(25)23-21-12-14-8-7-11-17(26-2)19(14)27-3/h5-12H,4,13H2,1-3H3,(H,23,25). The van der Waals surface area contributed by atoms with Crippen LogP contribution in [0.15, 0.2) is 52.7 Å². The lowest BCUT2D eigenvalue weighted by molar-refractivity contribution is -0.118. The molecular formula is C20H22N4O3S. The molecule has 0 aliphatic heterocycles. The number of carbonyl (C=O) groups is 1. The molecule has 8 heteroatoms. The van der Waals surface area contributed by atoms with Gasteiger partial charge in [0, 0.05) is 12.1 Å². The Morgan fingerprint density at radius 3 is 2.79 bits per heavy atom. The van der Waals surface area contributed by atoms with Gasteiger partial charge in [0.2, 0.25) is 0 Å². The summed E-state index contributed by atoms with van der Waals surface area (Å²) in [6.45, 7) is 2.85. The Morgan fingerprint density at radius 1 is 1.21 bits per heavy atom. The summed E-state index contributed by atoms with van der Waals surface area (Å²) in [6.07, 6.45) is 1.53.